The highest BCUT2D eigenvalue weighted by atomic mass is 35.5. The third-order valence-corrected chi connectivity index (χ3v) is 9.60. The first-order valence-corrected chi connectivity index (χ1v) is 17.1. The number of amides is 2. The zero-order valence-corrected chi connectivity index (χ0v) is 27.3. The maximum Gasteiger partial charge on any atom is 0.264 e. The first-order chi connectivity index (χ1) is 21.7. The molecule has 236 valence electrons. The van der Waals surface area contributed by atoms with Gasteiger partial charge in [0.1, 0.15) is 12.6 Å². The van der Waals surface area contributed by atoms with Crippen LogP contribution in [-0.4, -0.2) is 44.3 Å². The number of sulfonamides is 1. The lowest BCUT2D eigenvalue weighted by atomic mass is 10.0. The van der Waals surface area contributed by atoms with Crippen LogP contribution in [0.4, 0.5) is 5.69 Å². The number of unbranched alkanes of at least 4 members (excludes halogenated alkanes) is 1. The largest absolute Gasteiger partial charge is 0.354 e. The van der Waals surface area contributed by atoms with E-state index in [1.807, 2.05) is 62.4 Å². The Morgan fingerprint density at radius 1 is 0.822 bits per heavy atom. The van der Waals surface area contributed by atoms with Crippen LogP contribution in [0.1, 0.15) is 43.4 Å². The van der Waals surface area contributed by atoms with E-state index in [2.05, 4.69) is 5.32 Å². The van der Waals surface area contributed by atoms with Gasteiger partial charge in [0.25, 0.3) is 10.0 Å². The van der Waals surface area contributed by atoms with Gasteiger partial charge in [0.2, 0.25) is 11.8 Å². The van der Waals surface area contributed by atoms with Crippen LogP contribution in [0.25, 0.3) is 0 Å². The molecule has 1 N–H and O–H groups in total. The van der Waals surface area contributed by atoms with Gasteiger partial charge in [-0.25, -0.2) is 8.42 Å². The van der Waals surface area contributed by atoms with Crippen molar-refractivity contribution in [2.24, 2.45) is 0 Å². The smallest absolute Gasteiger partial charge is 0.264 e. The highest BCUT2D eigenvalue weighted by molar-refractivity contribution is 7.92. The average Bonchev–Trinajstić information content (AvgIpc) is 3.06. The number of hydrogen-bond donors (Lipinski definition) is 1. The summed E-state index contributed by atoms with van der Waals surface area (Å²) in [7, 11) is -4.15. The van der Waals surface area contributed by atoms with Crippen LogP contribution in [-0.2, 0) is 39.0 Å². The molecule has 4 aromatic rings. The summed E-state index contributed by atoms with van der Waals surface area (Å²) in [5.74, 6) is -0.805. The fourth-order valence-corrected chi connectivity index (χ4v) is 6.86. The third-order valence-electron chi connectivity index (χ3n) is 7.59. The van der Waals surface area contributed by atoms with E-state index in [9.17, 15) is 18.0 Å². The van der Waals surface area contributed by atoms with E-state index >= 15 is 0 Å². The number of nitrogens with zero attached hydrogens (tertiary/aromatic N) is 2. The molecule has 0 heterocycles. The SMILES string of the molecule is CCCCNC(=O)[C@H](Cc1ccccc1)N(Cc1cccc(Cl)c1)C(=O)CN(c1ccccc1CC)S(=O)(=O)c1ccccc1. The molecule has 0 aliphatic carbocycles. The summed E-state index contributed by atoms with van der Waals surface area (Å²) in [5, 5.41) is 3.50. The summed E-state index contributed by atoms with van der Waals surface area (Å²) in [4.78, 5) is 30.0. The number of carbonyl (C=O) groups is 2. The highest BCUT2D eigenvalue weighted by Gasteiger charge is 2.35. The Morgan fingerprint density at radius 2 is 1.47 bits per heavy atom. The van der Waals surface area contributed by atoms with Gasteiger partial charge in [-0.2, -0.15) is 0 Å². The molecular formula is C36H40ClN3O4S. The van der Waals surface area contributed by atoms with E-state index in [0.29, 0.717) is 23.7 Å². The van der Waals surface area contributed by atoms with Crippen molar-refractivity contribution in [1.82, 2.24) is 10.2 Å². The molecule has 2 amide bonds. The number of nitrogens with one attached hydrogen (secondary N) is 1. The van der Waals surface area contributed by atoms with Gasteiger partial charge in [-0.15, -0.1) is 0 Å². The number of para-hydroxylation sites is 1. The molecule has 0 saturated carbocycles. The lowest BCUT2D eigenvalue weighted by molar-refractivity contribution is -0.140. The molecule has 0 radical (unpaired) electrons. The lowest BCUT2D eigenvalue weighted by Crippen LogP contribution is -2.53. The van der Waals surface area contributed by atoms with Gasteiger partial charge in [-0.3, -0.25) is 13.9 Å². The normalized spacial score (nSPS) is 11.9. The average molecular weight is 646 g/mol. The first-order valence-electron chi connectivity index (χ1n) is 15.3. The van der Waals surface area contributed by atoms with Crippen LogP contribution >= 0.6 is 11.6 Å². The van der Waals surface area contributed by atoms with Crippen LogP contribution in [0.2, 0.25) is 5.02 Å². The predicted octanol–water partition coefficient (Wildman–Crippen LogP) is 6.65. The van der Waals surface area contributed by atoms with E-state index in [1.54, 1.807) is 48.5 Å². The fraction of sp³-hybridized carbons (Fsp3) is 0.278. The van der Waals surface area contributed by atoms with Crippen molar-refractivity contribution in [3.63, 3.8) is 0 Å². The molecule has 4 aromatic carbocycles. The molecule has 4 rings (SSSR count). The van der Waals surface area contributed by atoms with Crippen molar-refractivity contribution < 1.29 is 18.0 Å². The minimum atomic E-state index is -4.15. The molecule has 0 spiro atoms. The van der Waals surface area contributed by atoms with Gasteiger partial charge in [-0.05, 0) is 59.9 Å². The monoisotopic (exact) mass is 645 g/mol. The number of rotatable bonds is 15. The summed E-state index contributed by atoms with van der Waals surface area (Å²) in [6.45, 7) is 4.02. The number of benzene rings is 4. The molecule has 0 aliphatic rings. The van der Waals surface area contributed by atoms with Crippen LogP contribution < -0.4 is 9.62 Å². The first kappa shape index (κ1) is 33.7. The molecule has 1 atom stereocenters. The number of halogens is 1. The maximum atomic E-state index is 14.6. The van der Waals surface area contributed by atoms with Gasteiger partial charge in [0.15, 0.2) is 0 Å². The molecule has 9 heteroatoms. The van der Waals surface area contributed by atoms with Crippen molar-refractivity contribution in [1.29, 1.82) is 0 Å². The molecular weight excluding hydrogens is 606 g/mol. The summed E-state index contributed by atoms with van der Waals surface area (Å²) in [6.07, 6.45) is 2.51. The molecule has 0 aliphatic heterocycles. The zero-order chi connectivity index (χ0) is 32.2. The van der Waals surface area contributed by atoms with Gasteiger partial charge in [0.05, 0.1) is 10.6 Å². The molecule has 0 saturated heterocycles. The second-order valence-electron chi connectivity index (χ2n) is 10.8. The minimum absolute atomic E-state index is 0.0622. The van der Waals surface area contributed by atoms with Crippen LogP contribution in [0.3, 0.4) is 0 Å². The quantitative estimate of drug-likeness (QED) is 0.147. The van der Waals surface area contributed by atoms with Crippen molar-refractivity contribution in [2.45, 2.75) is 57.0 Å². The molecule has 0 aromatic heterocycles. The number of aryl methyl sites for hydroxylation is 1. The molecule has 0 bridgehead atoms. The highest BCUT2D eigenvalue weighted by Crippen LogP contribution is 2.28. The van der Waals surface area contributed by atoms with E-state index in [-0.39, 0.29) is 23.8 Å². The lowest BCUT2D eigenvalue weighted by Gasteiger charge is -2.34. The zero-order valence-electron chi connectivity index (χ0n) is 25.7. The van der Waals surface area contributed by atoms with Crippen LogP contribution in [0.5, 0.6) is 0 Å². The Labute approximate surface area is 271 Å². The van der Waals surface area contributed by atoms with E-state index in [0.717, 1.165) is 29.5 Å². The summed E-state index contributed by atoms with van der Waals surface area (Å²) >= 11 is 6.32. The Hall–Kier alpha value is -4.14. The topological polar surface area (TPSA) is 86.8 Å². The molecule has 7 nitrogen and oxygen atoms in total. The second kappa shape index (κ2) is 16.3. The van der Waals surface area contributed by atoms with E-state index < -0.39 is 28.5 Å². The molecule has 45 heavy (non-hydrogen) atoms. The molecule has 0 fully saturated rings. The number of carbonyl (C=O) groups excluding carboxylic acids is 2. The summed E-state index contributed by atoms with van der Waals surface area (Å²) < 4.78 is 29.5. The Morgan fingerprint density at radius 3 is 2.13 bits per heavy atom. The third kappa shape index (κ3) is 8.96. The van der Waals surface area contributed by atoms with Crippen LogP contribution in [0, 0.1) is 0 Å². The van der Waals surface area contributed by atoms with E-state index in [4.69, 9.17) is 11.6 Å². The van der Waals surface area contributed by atoms with Gasteiger partial charge in [0, 0.05) is 24.5 Å². The summed E-state index contributed by atoms with van der Waals surface area (Å²) in [5.41, 5.74) is 2.81. The van der Waals surface area contributed by atoms with Gasteiger partial charge in [-0.1, -0.05) is 111 Å². The van der Waals surface area contributed by atoms with Gasteiger partial charge < -0.3 is 10.2 Å². The van der Waals surface area contributed by atoms with Gasteiger partial charge >= 0.3 is 0 Å². The Kier molecular flexibility index (Phi) is 12.2. The van der Waals surface area contributed by atoms with Crippen LogP contribution in [0.15, 0.2) is 114 Å². The predicted molar refractivity (Wildman–Crippen MR) is 181 cm³/mol. The van der Waals surface area contributed by atoms with Crippen molar-refractivity contribution >= 4 is 39.1 Å². The standard InChI is InChI=1S/C36H40ClN3O4S/c1-3-5-23-38-36(42)34(25-28-15-8-6-9-16-28)39(26-29-17-14-19-31(37)24-29)35(41)27-40(33-22-13-12-18-30(33)4-2)45(43,44)32-20-10-7-11-21-32/h6-22,24,34H,3-5,23,25-27H2,1-2H3,(H,38,42)/t34-/m0/s1. The Balaban J connectivity index is 1.81. The molecule has 0 unspecified atom stereocenters. The number of hydrogen-bond acceptors (Lipinski definition) is 4. The van der Waals surface area contributed by atoms with Crippen molar-refractivity contribution in [3.8, 4) is 0 Å². The van der Waals surface area contributed by atoms with Crippen molar-refractivity contribution in [2.75, 3.05) is 17.4 Å². The fourth-order valence-electron chi connectivity index (χ4n) is 5.18. The van der Waals surface area contributed by atoms with Crippen molar-refractivity contribution in [3.05, 3.63) is 131 Å². The minimum Gasteiger partial charge on any atom is -0.354 e. The Bertz CT molecular complexity index is 1670. The maximum absolute atomic E-state index is 14.6. The van der Waals surface area contributed by atoms with E-state index in [1.165, 1.54) is 21.3 Å². The second-order valence-corrected chi connectivity index (χ2v) is 13.1. The summed E-state index contributed by atoms with van der Waals surface area (Å²) in [6, 6.07) is 31.0. The number of anilines is 1.